The number of alkyl halides is 2. The maximum Gasteiger partial charge on any atom is 0.0720 e. The van der Waals surface area contributed by atoms with Gasteiger partial charge in [0.15, 0.2) is 0 Å². The molecule has 2 nitrogen and oxygen atoms in total. The van der Waals surface area contributed by atoms with Crippen LogP contribution in [0.3, 0.4) is 0 Å². The molecule has 2 atom stereocenters. The third-order valence-electron chi connectivity index (χ3n) is 3.12. The molecular formula is C16H24Br2O2. The lowest BCUT2D eigenvalue weighted by molar-refractivity contribution is 0.108. The smallest absolute Gasteiger partial charge is 0.0720 e. The van der Waals surface area contributed by atoms with E-state index in [2.05, 4.69) is 57.8 Å². The van der Waals surface area contributed by atoms with Gasteiger partial charge in [-0.15, -0.1) is 0 Å². The molecule has 0 spiro atoms. The van der Waals surface area contributed by atoms with Crippen molar-refractivity contribution in [2.75, 3.05) is 13.2 Å². The second kappa shape index (κ2) is 10.8. The molecule has 114 valence electrons. The summed E-state index contributed by atoms with van der Waals surface area (Å²) in [6.07, 6.45) is 2.16. The molecule has 0 radical (unpaired) electrons. The van der Waals surface area contributed by atoms with Gasteiger partial charge >= 0.3 is 0 Å². The van der Waals surface area contributed by atoms with E-state index in [0.717, 1.165) is 26.1 Å². The average molecular weight is 408 g/mol. The van der Waals surface area contributed by atoms with Crippen molar-refractivity contribution in [2.45, 2.75) is 49.6 Å². The van der Waals surface area contributed by atoms with E-state index in [4.69, 9.17) is 9.47 Å². The van der Waals surface area contributed by atoms with Gasteiger partial charge in [-0.05, 0) is 24.0 Å². The number of benzene rings is 1. The molecule has 0 aliphatic rings. The van der Waals surface area contributed by atoms with Crippen LogP contribution in [0.15, 0.2) is 24.3 Å². The predicted molar refractivity (Wildman–Crippen MR) is 91.8 cm³/mol. The van der Waals surface area contributed by atoms with Crippen LogP contribution in [0, 0.1) is 0 Å². The Bertz CT molecular complexity index is 336. The highest BCUT2D eigenvalue weighted by Crippen LogP contribution is 2.14. The number of hydrogen-bond donors (Lipinski definition) is 0. The quantitative estimate of drug-likeness (QED) is 0.504. The van der Waals surface area contributed by atoms with E-state index in [-0.39, 0.29) is 0 Å². The predicted octanol–water partition coefficient (Wildman–Crippen LogP) is 5.07. The van der Waals surface area contributed by atoms with Gasteiger partial charge in [0.2, 0.25) is 0 Å². The molecule has 0 amide bonds. The van der Waals surface area contributed by atoms with Gasteiger partial charge in [0.05, 0.1) is 26.4 Å². The van der Waals surface area contributed by atoms with Crippen LogP contribution >= 0.6 is 31.9 Å². The molecule has 1 aromatic carbocycles. The molecular weight excluding hydrogens is 384 g/mol. The molecule has 0 N–H and O–H groups in total. The Hall–Kier alpha value is 0.100. The van der Waals surface area contributed by atoms with Gasteiger partial charge < -0.3 is 9.47 Å². The van der Waals surface area contributed by atoms with Crippen LogP contribution < -0.4 is 0 Å². The summed E-state index contributed by atoms with van der Waals surface area (Å²) in [5.41, 5.74) is 2.43. The molecule has 0 bridgehead atoms. The first-order valence-corrected chi connectivity index (χ1v) is 9.00. The summed E-state index contributed by atoms with van der Waals surface area (Å²) < 4.78 is 11.5. The third kappa shape index (κ3) is 7.21. The second-order valence-electron chi connectivity index (χ2n) is 4.81. The van der Waals surface area contributed by atoms with E-state index < -0.39 is 0 Å². The molecule has 0 aliphatic heterocycles. The van der Waals surface area contributed by atoms with Gasteiger partial charge in [0, 0.05) is 9.65 Å². The van der Waals surface area contributed by atoms with E-state index in [1.807, 2.05) is 12.1 Å². The van der Waals surface area contributed by atoms with Crippen molar-refractivity contribution < 1.29 is 9.47 Å². The van der Waals surface area contributed by atoms with Crippen molar-refractivity contribution in [3.8, 4) is 0 Å². The summed E-state index contributed by atoms with van der Waals surface area (Å²) in [4.78, 5) is 0.870. The first-order chi connectivity index (χ1) is 9.67. The Morgan fingerprint density at radius 2 is 1.25 bits per heavy atom. The fraction of sp³-hybridized carbons (Fsp3) is 0.625. The number of halogens is 2. The lowest BCUT2D eigenvalue weighted by Gasteiger charge is -2.13. The lowest BCUT2D eigenvalue weighted by atomic mass is 10.1. The van der Waals surface area contributed by atoms with Crippen LogP contribution in [-0.2, 0) is 22.7 Å². The maximum atomic E-state index is 5.75. The minimum atomic E-state index is 0.435. The summed E-state index contributed by atoms with van der Waals surface area (Å²) in [5, 5.41) is 0. The molecule has 20 heavy (non-hydrogen) atoms. The van der Waals surface area contributed by atoms with E-state index in [1.54, 1.807) is 0 Å². The highest BCUT2D eigenvalue weighted by molar-refractivity contribution is 9.09. The average Bonchev–Trinajstić information content (AvgIpc) is 2.48. The van der Waals surface area contributed by atoms with Crippen molar-refractivity contribution in [3.63, 3.8) is 0 Å². The van der Waals surface area contributed by atoms with Crippen LogP contribution in [0.1, 0.15) is 37.8 Å². The van der Waals surface area contributed by atoms with Gasteiger partial charge in [0.1, 0.15) is 0 Å². The zero-order valence-electron chi connectivity index (χ0n) is 12.3. The van der Waals surface area contributed by atoms with Crippen LogP contribution in [0.2, 0.25) is 0 Å². The van der Waals surface area contributed by atoms with Crippen molar-refractivity contribution in [2.24, 2.45) is 0 Å². The molecule has 4 heteroatoms. The fourth-order valence-electron chi connectivity index (χ4n) is 1.67. The summed E-state index contributed by atoms with van der Waals surface area (Å²) in [7, 11) is 0. The highest BCUT2D eigenvalue weighted by Gasteiger charge is 2.06. The minimum Gasteiger partial charge on any atom is -0.376 e. The molecule has 0 aromatic heterocycles. The standard InChI is InChI=1S/C16H24Br2O2/c1-3-15(17)11-19-9-13-7-5-6-8-14(13)10-20-12-16(18)4-2/h5-8,15-16H,3-4,9-12H2,1-2H3. The second-order valence-corrected chi connectivity index (χ2v) is 7.40. The Balaban J connectivity index is 2.42. The van der Waals surface area contributed by atoms with Crippen LogP contribution in [0.5, 0.6) is 0 Å². The third-order valence-corrected chi connectivity index (χ3v) is 4.94. The Morgan fingerprint density at radius 3 is 1.60 bits per heavy atom. The fourth-order valence-corrected chi connectivity index (χ4v) is 2.04. The summed E-state index contributed by atoms with van der Waals surface area (Å²) in [5.74, 6) is 0. The van der Waals surface area contributed by atoms with E-state index in [1.165, 1.54) is 11.1 Å². The molecule has 1 aromatic rings. The normalized spacial score (nSPS) is 14.2. The number of hydrogen-bond acceptors (Lipinski definition) is 2. The topological polar surface area (TPSA) is 18.5 Å². The van der Waals surface area contributed by atoms with Gasteiger partial charge in [-0.2, -0.15) is 0 Å². The van der Waals surface area contributed by atoms with Crippen LogP contribution in [0.4, 0.5) is 0 Å². The van der Waals surface area contributed by atoms with Gasteiger partial charge in [-0.1, -0.05) is 70.0 Å². The molecule has 1 rings (SSSR count). The first-order valence-electron chi connectivity index (χ1n) is 7.17. The van der Waals surface area contributed by atoms with E-state index >= 15 is 0 Å². The molecule has 0 heterocycles. The Morgan fingerprint density at radius 1 is 0.850 bits per heavy atom. The SMILES string of the molecule is CCC(Br)COCc1ccccc1COCC(Br)CC. The summed E-state index contributed by atoms with van der Waals surface area (Å²) in [6, 6.07) is 8.32. The molecule has 2 unspecified atom stereocenters. The minimum absolute atomic E-state index is 0.435. The van der Waals surface area contributed by atoms with Crippen LogP contribution in [0.25, 0.3) is 0 Å². The van der Waals surface area contributed by atoms with Crippen molar-refractivity contribution in [1.82, 2.24) is 0 Å². The maximum absolute atomic E-state index is 5.75. The lowest BCUT2D eigenvalue weighted by Crippen LogP contribution is -2.10. The summed E-state index contributed by atoms with van der Waals surface area (Å²) in [6.45, 7) is 7.07. The van der Waals surface area contributed by atoms with Crippen molar-refractivity contribution in [1.29, 1.82) is 0 Å². The molecule has 0 fully saturated rings. The summed E-state index contributed by atoms with van der Waals surface area (Å²) >= 11 is 7.16. The zero-order valence-corrected chi connectivity index (χ0v) is 15.5. The molecule has 0 saturated heterocycles. The van der Waals surface area contributed by atoms with Crippen molar-refractivity contribution in [3.05, 3.63) is 35.4 Å². The van der Waals surface area contributed by atoms with Gasteiger partial charge in [0.25, 0.3) is 0 Å². The first kappa shape index (κ1) is 18.1. The number of rotatable bonds is 10. The largest absolute Gasteiger partial charge is 0.376 e. The zero-order chi connectivity index (χ0) is 14.8. The molecule has 0 saturated carbocycles. The monoisotopic (exact) mass is 406 g/mol. The molecule has 0 aliphatic carbocycles. The van der Waals surface area contributed by atoms with Crippen molar-refractivity contribution >= 4 is 31.9 Å². The van der Waals surface area contributed by atoms with E-state index in [0.29, 0.717) is 22.9 Å². The van der Waals surface area contributed by atoms with E-state index in [9.17, 15) is 0 Å². The Kier molecular flexibility index (Phi) is 9.78. The van der Waals surface area contributed by atoms with Gasteiger partial charge in [-0.25, -0.2) is 0 Å². The van der Waals surface area contributed by atoms with Crippen LogP contribution in [-0.4, -0.2) is 22.9 Å². The Labute approximate surface area is 139 Å². The van der Waals surface area contributed by atoms with Gasteiger partial charge in [-0.3, -0.25) is 0 Å². The highest BCUT2D eigenvalue weighted by atomic mass is 79.9. The number of ether oxygens (including phenoxy) is 2.